The maximum atomic E-state index is 4.91. The van der Waals surface area contributed by atoms with Gasteiger partial charge in [0.05, 0.1) is 15.2 Å². The van der Waals surface area contributed by atoms with Gasteiger partial charge >= 0.3 is 0 Å². The Labute approximate surface area is 144 Å². The Morgan fingerprint density at radius 2 is 2.09 bits per heavy atom. The number of nitrogens with one attached hydrogen (secondary N) is 1. The molecule has 0 aliphatic carbocycles. The lowest BCUT2D eigenvalue weighted by Crippen LogP contribution is -2.40. The highest BCUT2D eigenvalue weighted by molar-refractivity contribution is 7.18. The van der Waals surface area contributed by atoms with Gasteiger partial charge in [-0.3, -0.25) is 0 Å². The fourth-order valence-corrected chi connectivity index (χ4v) is 4.26. The molecular weight excluding hydrogens is 302 g/mol. The molecule has 126 valence electrons. The highest BCUT2D eigenvalue weighted by atomic mass is 32.1. The van der Waals surface area contributed by atoms with Crippen molar-refractivity contribution in [2.45, 2.75) is 51.6 Å². The second kappa shape index (κ2) is 6.50. The molecule has 0 unspecified atom stereocenters. The summed E-state index contributed by atoms with van der Waals surface area (Å²) in [5.41, 5.74) is 2.70. The number of rotatable bonds is 4. The van der Waals surface area contributed by atoms with Gasteiger partial charge in [-0.15, -0.1) is 11.3 Å². The van der Waals surface area contributed by atoms with Gasteiger partial charge in [-0.25, -0.2) is 4.98 Å². The smallest absolute Gasteiger partial charge is 0.0956 e. The number of likely N-dealkylation sites (N-methyl/N-ethyl adjacent to an activating group) is 1. The van der Waals surface area contributed by atoms with E-state index in [4.69, 9.17) is 4.98 Å². The van der Waals surface area contributed by atoms with E-state index in [1.807, 2.05) is 11.3 Å². The van der Waals surface area contributed by atoms with Crippen LogP contribution in [0.5, 0.6) is 0 Å². The zero-order chi connectivity index (χ0) is 16.6. The SMILES string of the molecule is C[C@H]1CC[C@H](c2ccc3sc(CC(C)(C)N(C)C)nc3c2)NC1. The highest BCUT2D eigenvalue weighted by Crippen LogP contribution is 2.31. The summed E-state index contributed by atoms with van der Waals surface area (Å²) < 4.78 is 1.31. The van der Waals surface area contributed by atoms with Crippen LogP contribution in [-0.4, -0.2) is 36.1 Å². The first kappa shape index (κ1) is 16.9. The number of hydrogen-bond donors (Lipinski definition) is 1. The predicted molar refractivity (Wildman–Crippen MR) is 100 cm³/mol. The average molecular weight is 332 g/mol. The van der Waals surface area contributed by atoms with Crippen LogP contribution in [0.25, 0.3) is 10.2 Å². The lowest BCUT2D eigenvalue weighted by atomic mass is 9.92. The molecule has 0 amide bonds. The lowest BCUT2D eigenvalue weighted by Gasteiger charge is -2.31. The molecular formula is C19H29N3S. The molecule has 2 atom stereocenters. The minimum absolute atomic E-state index is 0.137. The molecule has 0 saturated carbocycles. The lowest BCUT2D eigenvalue weighted by molar-refractivity contribution is 0.195. The topological polar surface area (TPSA) is 28.2 Å². The van der Waals surface area contributed by atoms with Crippen LogP contribution in [0.4, 0.5) is 0 Å². The largest absolute Gasteiger partial charge is 0.310 e. The molecule has 3 nitrogen and oxygen atoms in total. The maximum absolute atomic E-state index is 4.91. The Bertz CT molecular complexity index is 666. The average Bonchev–Trinajstić information content (AvgIpc) is 2.88. The standard InChI is InChI=1S/C19H29N3S/c1-13-6-8-15(20-12-13)14-7-9-17-16(10-14)21-18(23-17)11-19(2,3)22(4)5/h7,9-10,13,15,20H,6,8,11-12H2,1-5H3/t13-,15+/m0/s1. The number of aromatic nitrogens is 1. The number of hydrogen-bond acceptors (Lipinski definition) is 4. The van der Waals surface area contributed by atoms with Gasteiger partial charge in [0.25, 0.3) is 0 Å². The molecule has 2 heterocycles. The molecule has 3 rings (SSSR count). The van der Waals surface area contributed by atoms with Gasteiger partial charge in [-0.1, -0.05) is 13.0 Å². The van der Waals surface area contributed by atoms with E-state index in [9.17, 15) is 0 Å². The minimum atomic E-state index is 0.137. The molecule has 23 heavy (non-hydrogen) atoms. The van der Waals surface area contributed by atoms with Crippen molar-refractivity contribution in [3.8, 4) is 0 Å². The summed E-state index contributed by atoms with van der Waals surface area (Å²) in [7, 11) is 4.28. The molecule has 1 fully saturated rings. The Kier molecular flexibility index (Phi) is 4.77. The van der Waals surface area contributed by atoms with Gasteiger partial charge < -0.3 is 10.2 Å². The molecule has 4 heteroatoms. The second-order valence-electron chi connectivity index (χ2n) is 7.86. The van der Waals surface area contributed by atoms with Crippen LogP contribution in [0.2, 0.25) is 0 Å². The maximum Gasteiger partial charge on any atom is 0.0956 e. The zero-order valence-corrected chi connectivity index (χ0v) is 15.8. The van der Waals surface area contributed by atoms with Crippen molar-refractivity contribution in [1.29, 1.82) is 0 Å². The number of fused-ring (bicyclic) bond motifs is 1. The number of thiazole rings is 1. The molecule has 1 saturated heterocycles. The van der Waals surface area contributed by atoms with Crippen molar-refractivity contribution in [1.82, 2.24) is 15.2 Å². The van der Waals surface area contributed by atoms with E-state index in [1.165, 1.54) is 28.1 Å². The first-order valence-electron chi connectivity index (χ1n) is 8.65. The van der Waals surface area contributed by atoms with Gasteiger partial charge in [-0.05, 0) is 70.9 Å². The van der Waals surface area contributed by atoms with Crippen LogP contribution in [0.15, 0.2) is 18.2 Å². The molecule has 2 aromatic rings. The Morgan fingerprint density at radius 1 is 1.30 bits per heavy atom. The number of benzene rings is 1. The van der Waals surface area contributed by atoms with Gasteiger partial charge in [-0.2, -0.15) is 0 Å². The molecule has 0 spiro atoms. The third-order valence-corrected chi connectivity index (χ3v) is 6.35. The fraction of sp³-hybridized carbons (Fsp3) is 0.632. The summed E-state index contributed by atoms with van der Waals surface area (Å²) >= 11 is 1.84. The van der Waals surface area contributed by atoms with E-state index in [1.54, 1.807) is 0 Å². The van der Waals surface area contributed by atoms with Crippen LogP contribution in [0.3, 0.4) is 0 Å². The second-order valence-corrected chi connectivity index (χ2v) is 8.98. The van der Waals surface area contributed by atoms with E-state index < -0.39 is 0 Å². The summed E-state index contributed by atoms with van der Waals surface area (Å²) in [5.74, 6) is 0.800. The van der Waals surface area contributed by atoms with Crippen LogP contribution < -0.4 is 5.32 Å². The van der Waals surface area contributed by atoms with Gasteiger partial charge in [0, 0.05) is 18.0 Å². The third kappa shape index (κ3) is 3.76. The molecule has 0 radical (unpaired) electrons. The quantitative estimate of drug-likeness (QED) is 0.908. The van der Waals surface area contributed by atoms with Crippen LogP contribution in [-0.2, 0) is 6.42 Å². The summed E-state index contributed by atoms with van der Waals surface area (Å²) in [4.78, 5) is 7.19. The summed E-state index contributed by atoms with van der Waals surface area (Å²) in [5, 5.41) is 4.92. The first-order chi connectivity index (χ1) is 10.8. The Morgan fingerprint density at radius 3 is 2.74 bits per heavy atom. The van der Waals surface area contributed by atoms with Crippen molar-refractivity contribution in [3.63, 3.8) is 0 Å². The molecule has 0 bridgehead atoms. The van der Waals surface area contributed by atoms with E-state index in [0.717, 1.165) is 24.4 Å². The van der Waals surface area contributed by atoms with Crippen molar-refractivity contribution >= 4 is 21.6 Å². The van der Waals surface area contributed by atoms with Crippen LogP contribution in [0.1, 0.15) is 50.2 Å². The normalized spacial score (nSPS) is 22.9. The summed E-state index contributed by atoms with van der Waals surface area (Å²) in [6.07, 6.45) is 3.54. The third-order valence-electron chi connectivity index (χ3n) is 5.31. The minimum Gasteiger partial charge on any atom is -0.310 e. The van der Waals surface area contributed by atoms with Crippen LogP contribution >= 0.6 is 11.3 Å². The Hall–Kier alpha value is -0.970. The first-order valence-corrected chi connectivity index (χ1v) is 9.47. The molecule has 1 aromatic carbocycles. The number of nitrogens with zero attached hydrogens (tertiary/aromatic N) is 2. The Balaban J connectivity index is 1.81. The zero-order valence-electron chi connectivity index (χ0n) is 15.0. The molecule has 1 aliphatic rings. The van der Waals surface area contributed by atoms with Crippen molar-refractivity contribution in [3.05, 3.63) is 28.8 Å². The monoisotopic (exact) mass is 331 g/mol. The molecule has 1 aliphatic heterocycles. The van der Waals surface area contributed by atoms with Crippen molar-refractivity contribution < 1.29 is 0 Å². The van der Waals surface area contributed by atoms with Gasteiger partial charge in [0.1, 0.15) is 0 Å². The van der Waals surface area contributed by atoms with E-state index in [-0.39, 0.29) is 5.54 Å². The van der Waals surface area contributed by atoms with Gasteiger partial charge in [0.2, 0.25) is 0 Å². The fourth-order valence-electron chi connectivity index (χ4n) is 3.10. The molecule has 1 N–H and O–H groups in total. The summed E-state index contributed by atoms with van der Waals surface area (Å²) in [6, 6.07) is 7.34. The van der Waals surface area contributed by atoms with E-state index in [0.29, 0.717) is 6.04 Å². The van der Waals surface area contributed by atoms with Crippen LogP contribution in [0, 0.1) is 5.92 Å². The highest BCUT2D eigenvalue weighted by Gasteiger charge is 2.23. The molecule has 1 aromatic heterocycles. The summed E-state index contributed by atoms with van der Waals surface area (Å²) in [6.45, 7) is 8.00. The van der Waals surface area contributed by atoms with E-state index >= 15 is 0 Å². The van der Waals surface area contributed by atoms with Crippen molar-refractivity contribution in [2.75, 3.05) is 20.6 Å². The predicted octanol–water partition coefficient (Wildman–Crippen LogP) is 4.24. The van der Waals surface area contributed by atoms with Gasteiger partial charge in [0.15, 0.2) is 0 Å². The van der Waals surface area contributed by atoms with Crippen molar-refractivity contribution in [2.24, 2.45) is 5.92 Å². The number of piperidine rings is 1. The van der Waals surface area contributed by atoms with E-state index in [2.05, 4.69) is 63.3 Å².